The highest BCUT2D eigenvalue weighted by atomic mass is 19.1. The van der Waals surface area contributed by atoms with Crippen LogP contribution >= 0.6 is 0 Å². The Balaban J connectivity index is 1.50. The van der Waals surface area contributed by atoms with E-state index >= 15 is 0 Å². The number of rotatable bonds is 3. The minimum absolute atomic E-state index is 0.0921. The van der Waals surface area contributed by atoms with Crippen molar-refractivity contribution in [3.63, 3.8) is 0 Å². The van der Waals surface area contributed by atoms with Gasteiger partial charge in [-0.25, -0.2) is 15.2 Å². The number of amides is 1. The molecule has 0 spiro atoms. The van der Waals surface area contributed by atoms with Crippen molar-refractivity contribution in [1.29, 1.82) is 0 Å². The summed E-state index contributed by atoms with van der Waals surface area (Å²) in [5, 5.41) is 2.80. The number of carbonyl (C=O) groups excluding carboxylic acids is 1. The van der Waals surface area contributed by atoms with Crippen LogP contribution in [0, 0.1) is 23.7 Å². The second-order valence-electron chi connectivity index (χ2n) is 7.70. The summed E-state index contributed by atoms with van der Waals surface area (Å²) in [6, 6.07) is 0. The van der Waals surface area contributed by atoms with Crippen LogP contribution in [-0.4, -0.2) is 24.7 Å². The molecule has 23 heavy (non-hydrogen) atoms. The third kappa shape index (κ3) is 4.03. The molecule has 3 rings (SSSR count). The van der Waals surface area contributed by atoms with Crippen molar-refractivity contribution < 1.29 is 13.9 Å². The molecule has 0 aromatic carbocycles. The molecule has 5 nitrogen and oxygen atoms in total. The maximum atomic E-state index is 13.9. The standard InChI is InChI=1S/C17H30FN3O2/c1-10-7-8-11(2)13(9-10)16-20-21-17(23-16)19-15(22)12-5-3-4-6-14(12)18/h10-14,16-17,20-21H,3-9H2,1-2H3,(H,19,22). The molecule has 7 unspecified atom stereocenters. The van der Waals surface area contributed by atoms with Crippen LogP contribution in [0.5, 0.6) is 0 Å². The smallest absolute Gasteiger partial charge is 0.229 e. The van der Waals surface area contributed by atoms with E-state index in [1.807, 2.05) is 0 Å². The summed E-state index contributed by atoms with van der Waals surface area (Å²) in [5.74, 6) is 0.999. The minimum Gasteiger partial charge on any atom is -0.324 e. The molecule has 3 N–H and O–H groups in total. The molecule has 6 heteroatoms. The van der Waals surface area contributed by atoms with Gasteiger partial charge in [-0.3, -0.25) is 4.79 Å². The number of hydrogen-bond acceptors (Lipinski definition) is 4. The molecule has 2 saturated carbocycles. The lowest BCUT2D eigenvalue weighted by atomic mass is 9.75. The van der Waals surface area contributed by atoms with Crippen LogP contribution in [0.15, 0.2) is 0 Å². The third-order valence-electron chi connectivity index (χ3n) is 5.84. The Morgan fingerprint density at radius 1 is 1.13 bits per heavy atom. The van der Waals surface area contributed by atoms with Crippen LogP contribution < -0.4 is 16.2 Å². The zero-order valence-corrected chi connectivity index (χ0v) is 14.2. The van der Waals surface area contributed by atoms with Gasteiger partial charge in [-0.05, 0) is 31.1 Å². The van der Waals surface area contributed by atoms with E-state index in [2.05, 4.69) is 30.0 Å². The summed E-state index contributed by atoms with van der Waals surface area (Å²) in [6.45, 7) is 4.55. The topological polar surface area (TPSA) is 62.4 Å². The fourth-order valence-corrected chi connectivity index (χ4v) is 4.27. The van der Waals surface area contributed by atoms with Gasteiger partial charge in [0, 0.05) is 5.92 Å². The molecule has 132 valence electrons. The van der Waals surface area contributed by atoms with Crippen LogP contribution in [0.25, 0.3) is 0 Å². The van der Waals surface area contributed by atoms with E-state index in [9.17, 15) is 9.18 Å². The zero-order valence-electron chi connectivity index (χ0n) is 14.2. The summed E-state index contributed by atoms with van der Waals surface area (Å²) < 4.78 is 19.8. The fraction of sp³-hybridized carbons (Fsp3) is 0.941. The largest absolute Gasteiger partial charge is 0.324 e. The number of halogens is 1. The van der Waals surface area contributed by atoms with Gasteiger partial charge in [-0.15, -0.1) is 0 Å². The van der Waals surface area contributed by atoms with Crippen LogP contribution in [0.4, 0.5) is 4.39 Å². The highest BCUT2D eigenvalue weighted by molar-refractivity contribution is 5.79. The Kier molecular flexibility index (Phi) is 5.54. The first kappa shape index (κ1) is 17.1. The maximum Gasteiger partial charge on any atom is 0.229 e. The van der Waals surface area contributed by atoms with Gasteiger partial charge < -0.3 is 10.1 Å². The van der Waals surface area contributed by atoms with Crippen molar-refractivity contribution in [3.05, 3.63) is 0 Å². The average molecular weight is 327 g/mol. The van der Waals surface area contributed by atoms with E-state index in [4.69, 9.17) is 4.74 Å². The molecule has 3 fully saturated rings. The molecule has 0 aromatic rings. The molecule has 0 radical (unpaired) electrons. The Morgan fingerprint density at radius 3 is 2.70 bits per heavy atom. The molecule has 0 bridgehead atoms. The van der Waals surface area contributed by atoms with Gasteiger partial charge in [-0.2, -0.15) is 0 Å². The van der Waals surface area contributed by atoms with Crippen LogP contribution in [0.2, 0.25) is 0 Å². The Hall–Kier alpha value is -0.720. The molecule has 1 aliphatic heterocycles. The molecular formula is C17H30FN3O2. The Bertz CT molecular complexity index is 423. The van der Waals surface area contributed by atoms with Gasteiger partial charge in [0.1, 0.15) is 12.4 Å². The van der Waals surface area contributed by atoms with Gasteiger partial charge in [0.2, 0.25) is 12.3 Å². The maximum absolute atomic E-state index is 13.9. The lowest BCUT2D eigenvalue weighted by Crippen LogP contribution is -2.49. The van der Waals surface area contributed by atoms with Crippen molar-refractivity contribution in [2.45, 2.75) is 77.5 Å². The Morgan fingerprint density at radius 2 is 1.91 bits per heavy atom. The Labute approximate surface area is 138 Å². The van der Waals surface area contributed by atoms with Crippen molar-refractivity contribution in [2.24, 2.45) is 23.7 Å². The van der Waals surface area contributed by atoms with E-state index in [1.54, 1.807) is 0 Å². The summed E-state index contributed by atoms with van der Waals surface area (Å²) in [6.07, 6.45) is 4.89. The predicted molar refractivity (Wildman–Crippen MR) is 85.6 cm³/mol. The summed E-state index contributed by atoms with van der Waals surface area (Å²) in [5.41, 5.74) is 6.16. The molecule has 3 aliphatic rings. The lowest BCUT2D eigenvalue weighted by Gasteiger charge is -2.35. The number of nitrogens with one attached hydrogen (secondary N) is 3. The van der Waals surface area contributed by atoms with E-state index in [0.717, 1.165) is 19.3 Å². The van der Waals surface area contributed by atoms with Crippen molar-refractivity contribution in [2.75, 3.05) is 0 Å². The van der Waals surface area contributed by atoms with Gasteiger partial charge in [0.15, 0.2) is 0 Å². The molecule has 1 heterocycles. The number of hydrazine groups is 1. The SMILES string of the molecule is CC1CCC(C)C(C2NNC(NC(=O)C3CCCCC3F)O2)C1. The van der Waals surface area contributed by atoms with Crippen LogP contribution in [-0.2, 0) is 9.53 Å². The monoisotopic (exact) mass is 327 g/mol. The zero-order chi connectivity index (χ0) is 16.4. The van der Waals surface area contributed by atoms with Crippen LogP contribution in [0.3, 0.4) is 0 Å². The number of ether oxygens (including phenoxy) is 1. The van der Waals surface area contributed by atoms with Crippen molar-refractivity contribution >= 4 is 5.91 Å². The first-order chi connectivity index (χ1) is 11.0. The van der Waals surface area contributed by atoms with Gasteiger partial charge >= 0.3 is 0 Å². The normalized spacial score (nSPS) is 44.9. The quantitative estimate of drug-likeness (QED) is 0.745. The molecule has 0 aromatic heterocycles. The molecular weight excluding hydrogens is 297 g/mol. The van der Waals surface area contributed by atoms with E-state index in [1.165, 1.54) is 12.8 Å². The lowest BCUT2D eigenvalue weighted by molar-refractivity contribution is -0.134. The third-order valence-corrected chi connectivity index (χ3v) is 5.84. The average Bonchev–Trinajstić information content (AvgIpc) is 2.98. The van der Waals surface area contributed by atoms with Crippen molar-refractivity contribution in [3.8, 4) is 0 Å². The minimum atomic E-state index is -1.02. The van der Waals surface area contributed by atoms with E-state index in [0.29, 0.717) is 30.6 Å². The van der Waals surface area contributed by atoms with Crippen molar-refractivity contribution in [1.82, 2.24) is 16.2 Å². The van der Waals surface area contributed by atoms with E-state index in [-0.39, 0.29) is 12.1 Å². The van der Waals surface area contributed by atoms with Gasteiger partial charge in [0.25, 0.3) is 0 Å². The fourth-order valence-electron chi connectivity index (χ4n) is 4.27. The summed E-state index contributed by atoms with van der Waals surface area (Å²) in [4.78, 5) is 12.3. The second-order valence-corrected chi connectivity index (χ2v) is 7.70. The summed E-state index contributed by atoms with van der Waals surface area (Å²) >= 11 is 0. The summed E-state index contributed by atoms with van der Waals surface area (Å²) in [7, 11) is 0. The molecule has 2 aliphatic carbocycles. The second kappa shape index (κ2) is 7.45. The highest BCUT2D eigenvalue weighted by Gasteiger charge is 2.39. The highest BCUT2D eigenvalue weighted by Crippen LogP contribution is 2.36. The van der Waals surface area contributed by atoms with E-state index < -0.39 is 18.4 Å². The first-order valence-corrected chi connectivity index (χ1v) is 9.15. The van der Waals surface area contributed by atoms with Gasteiger partial charge in [-0.1, -0.05) is 39.5 Å². The number of hydrogen-bond donors (Lipinski definition) is 3. The first-order valence-electron chi connectivity index (χ1n) is 9.15. The molecule has 7 atom stereocenters. The predicted octanol–water partition coefficient (Wildman–Crippen LogP) is 2.44. The number of carbonyl (C=O) groups is 1. The number of alkyl halides is 1. The van der Waals surface area contributed by atoms with Gasteiger partial charge in [0.05, 0.1) is 5.92 Å². The van der Waals surface area contributed by atoms with Crippen LogP contribution in [0.1, 0.15) is 58.8 Å². The molecule has 1 amide bonds. The molecule has 1 saturated heterocycles.